The van der Waals surface area contributed by atoms with E-state index in [2.05, 4.69) is 13.8 Å². The lowest BCUT2D eigenvalue weighted by Gasteiger charge is -2.32. The van der Waals surface area contributed by atoms with E-state index in [9.17, 15) is 4.79 Å². The van der Waals surface area contributed by atoms with Crippen LogP contribution in [0.3, 0.4) is 0 Å². The van der Waals surface area contributed by atoms with Gasteiger partial charge in [0.1, 0.15) is 6.10 Å². The molecule has 5 unspecified atom stereocenters. The second kappa shape index (κ2) is 2.10. The Labute approximate surface area is 78.6 Å². The fourth-order valence-electron chi connectivity index (χ4n) is 4.22. The number of ether oxygens (including phenoxy) is 1. The lowest BCUT2D eigenvalue weighted by atomic mass is 9.67. The van der Waals surface area contributed by atoms with Crippen molar-refractivity contribution in [2.24, 2.45) is 23.2 Å². The van der Waals surface area contributed by atoms with Gasteiger partial charge in [-0.25, -0.2) is 0 Å². The van der Waals surface area contributed by atoms with Gasteiger partial charge in [0.15, 0.2) is 0 Å². The monoisotopic (exact) mass is 180 g/mol. The molecule has 2 aliphatic carbocycles. The molecular weight excluding hydrogens is 164 g/mol. The van der Waals surface area contributed by atoms with Crippen LogP contribution in [0.1, 0.15) is 33.1 Å². The van der Waals surface area contributed by atoms with Crippen LogP contribution in [0.5, 0.6) is 0 Å². The maximum absolute atomic E-state index is 11.8. The molecule has 2 heteroatoms. The number of rotatable bonds is 1. The van der Waals surface area contributed by atoms with E-state index in [1.165, 1.54) is 6.42 Å². The summed E-state index contributed by atoms with van der Waals surface area (Å²) in [4.78, 5) is 11.8. The molecule has 1 saturated heterocycles. The number of esters is 1. The fraction of sp³-hybridized carbons (Fsp3) is 0.909. The minimum atomic E-state index is -0.109. The number of carbonyl (C=O) groups excluding carboxylic acids is 1. The molecule has 3 rings (SSSR count). The van der Waals surface area contributed by atoms with Gasteiger partial charge in [-0.15, -0.1) is 0 Å². The first kappa shape index (κ1) is 7.84. The Kier molecular flexibility index (Phi) is 1.27. The van der Waals surface area contributed by atoms with Gasteiger partial charge >= 0.3 is 5.97 Å². The van der Waals surface area contributed by atoms with E-state index >= 15 is 0 Å². The van der Waals surface area contributed by atoms with Crippen LogP contribution < -0.4 is 0 Å². The number of hydrogen-bond donors (Lipinski definition) is 0. The third kappa shape index (κ3) is 0.660. The molecule has 0 aromatic heterocycles. The normalized spacial score (nSPS) is 57.2. The number of fused-ring (bicyclic) bond motifs is 1. The van der Waals surface area contributed by atoms with Crippen LogP contribution in [0.25, 0.3) is 0 Å². The van der Waals surface area contributed by atoms with Crippen LogP contribution in [0.4, 0.5) is 0 Å². The molecule has 2 bridgehead atoms. The van der Waals surface area contributed by atoms with E-state index in [0.717, 1.165) is 18.8 Å². The highest BCUT2D eigenvalue weighted by molar-refractivity contribution is 5.81. The van der Waals surface area contributed by atoms with Gasteiger partial charge < -0.3 is 4.74 Å². The lowest BCUT2D eigenvalue weighted by molar-refractivity contribution is -0.148. The second-order valence-corrected chi connectivity index (χ2v) is 5.08. The van der Waals surface area contributed by atoms with Crippen LogP contribution in [0.2, 0.25) is 0 Å². The molecule has 3 aliphatic rings. The Bertz CT molecular complexity index is 273. The highest BCUT2D eigenvalue weighted by Crippen LogP contribution is 2.65. The topological polar surface area (TPSA) is 26.3 Å². The fourth-order valence-corrected chi connectivity index (χ4v) is 4.22. The maximum atomic E-state index is 11.8. The molecule has 72 valence electrons. The van der Waals surface area contributed by atoms with Crippen molar-refractivity contribution < 1.29 is 9.53 Å². The van der Waals surface area contributed by atoms with Gasteiger partial charge in [-0.05, 0) is 31.6 Å². The van der Waals surface area contributed by atoms with E-state index in [1.54, 1.807) is 0 Å². The van der Waals surface area contributed by atoms with Gasteiger partial charge in [0.2, 0.25) is 0 Å². The average molecular weight is 180 g/mol. The lowest BCUT2D eigenvalue weighted by Crippen LogP contribution is -2.36. The van der Waals surface area contributed by atoms with Gasteiger partial charge in [-0.3, -0.25) is 4.79 Å². The summed E-state index contributed by atoms with van der Waals surface area (Å²) in [6, 6.07) is 0. The Morgan fingerprint density at radius 3 is 3.00 bits per heavy atom. The largest absolute Gasteiger partial charge is 0.462 e. The Morgan fingerprint density at radius 2 is 2.31 bits per heavy atom. The van der Waals surface area contributed by atoms with E-state index in [4.69, 9.17) is 4.74 Å². The minimum Gasteiger partial charge on any atom is -0.462 e. The van der Waals surface area contributed by atoms with E-state index in [0.29, 0.717) is 11.8 Å². The van der Waals surface area contributed by atoms with Gasteiger partial charge in [-0.1, -0.05) is 13.3 Å². The van der Waals surface area contributed by atoms with Gasteiger partial charge in [0.25, 0.3) is 0 Å². The Morgan fingerprint density at radius 1 is 1.54 bits per heavy atom. The van der Waals surface area contributed by atoms with Crippen LogP contribution in [-0.4, -0.2) is 12.1 Å². The molecule has 0 aromatic rings. The zero-order valence-corrected chi connectivity index (χ0v) is 8.25. The summed E-state index contributed by atoms with van der Waals surface area (Å²) in [6.07, 6.45) is 3.81. The van der Waals surface area contributed by atoms with Crippen molar-refractivity contribution in [1.29, 1.82) is 0 Å². The summed E-state index contributed by atoms with van der Waals surface area (Å²) in [5, 5.41) is 0. The molecule has 0 amide bonds. The van der Waals surface area contributed by atoms with Gasteiger partial charge in [0.05, 0.1) is 5.41 Å². The van der Waals surface area contributed by atoms with Crippen molar-refractivity contribution >= 4 is 5.97 Å². The highest BCUT2D eigenvalue weighted by Gasteiger charge is 2.68. The Balaban J connectivity index is 2.08. The second-order valence-electron chi connectivity index (χ2n) is 5.08. The van der Waals surface area contributed by atoms with Crippen molar-refractivity contribution in [2.75, 3.05) is 0 Å². The van der Waals surface area contributed by atoms with Crippen LogP contribution in [-0.2, 0) is 9.53 Å². The zero-order valence-electron chi connectivity index (χ0n) is 8.25. The molecule has 0 spiro atoms. The van der Waals surface area contributed by atoms with Gasteiger partial charge in [0, 0.05) is 5.92 Å². The molecule has 1 heterocycles. The Hall–Kier alpha value is -0.530. The molecule has 1 aliphatic heterocycles. The van der Waals surface area contributed by atoms with Crippen molar-refractivity contribution in [1.82, 2.24) is 0 Å². The molecule has 0 radical (unpaired) electrons. The van der Waals surface area contributed by atoms with Crippen molar-refractivity contribution in [3.63, 3.8) is 0 Å². The smallest absolute Gasteiger partial charge is 0.312 e. The van der Waals surface area contributed by atoms with Crippen LogP contribution in [0, 0.1) is 23.2 Å². The highest BCUT2D eigenvalue weighted by atomic mass is 16.6. The first-order valence-electron chi connectivity index (χ1n) is 5.39. The molecule has 0 N–H and O–H groups in total. The molecule has 2 saturated carbocycles. The standard InChI is InChI=1S/C11H16O2/c1-3-7-6-4-8-9(5-6)13-10(12)11(7,8)2/h6-9H,3-5H2,1-2H3. The van der Waals surface area contributed by atoms with Crippen LogP contribution >= 0.6 is 0 Å². The third-order valence-corrected chi connectivity index (χ3v) is 4.79. The van der Waals surface area contributed by atoms with E-state index < -0.39 is 0 Å². The summed E-state index contributed by atoms with van der Waals surface area (Å²) in [5.74, 6) is 2.02. The predicted octanol–water partition coefficient (Wildman–Crippen LogP) is 1.98. The molecule has 0 aromatic carbocycles. The molecular formula is C11H16O2. The quantitative estimate of drug-likeness (QED) is 0.577. The molecule has 13 heavy (non-hydrogen) atoms. The SMILES string of the molecule is CCC1C2CC3OC(=O)C1(C)C3C2. The summed E-state index contributed by atoms with van der Waals surface area (Å²) in [7, 11) is 0. The van der Waals surface area contributed by atoms with E-state index in [-0.39, 0.29) is 17.5 Å². The summed E-state index contributed by atoms with van der Waals surface area (Å²) < 4.78 is 5.44. The molecule has 3 fully saturated rings. The van der Waals surface area contributed by atoms with Crippen molar-refractivity contribution in [2.45, 2.75) is 39.2 Å². The first-order valence-corrected chi connectivity index (χ1v) is 5.39. The minimum absolute atomic E-state index is 0.0920. The number of carbonyl (C=O) groups is 1. The molecule has 5 atom stereocenters. The molecule has 2 nitrogen and oxygen atoms in total. The maximum Gasteiger partial charge on any atom is 0.312 e. The predicted molar refractivity (Wildman–Crippen MR) is 48.0 cm³/mol. The summed E-state index contributed by atoms with van der Waals surface area (Å²) in [5.41, 5.74) is -0.109. The summed E-state index contributed by atoms with van der Waals surface area (Å²) >= 11 is 0. The van der Waals surface area contributed by atoms with Gasteiger partial charge in [-0.2, -0.15) is 0 Å². The van der Waals surface area contributed by atoms with Crippen LogP contribution in [0.15, 0.2) is 0 Å². The zero-order chi connectivity index (χ0) is 9.22. The third-order valence-electron chi connectivity index (χ3n) is 4.79. The first-order chi connectivity index (χ1) is 6.17. The van der Waals surface area contributed by atoms with Crippen molar-refractivity contribution in [3.05, 3.63) is 0 Å². The average Bonchev–Trinajstić information content (AvgIpc) is 2.63. The van der Waals surface area contributed by atoms with E-state index in [1.807, 2.05) is 0 Å². The summed E-state index contributed by atoms with van der Waals surface area (Å²) in [6.45, 7) is 4.34. The number of hydrogen-bond acceptors (Lipinski definition) is 2. The van der Waals surface area contributed by atoms with Crippen molar-refractivity contribution in [3.8, 4) is 0 Å².